The normalized spacial score (nSPS) is 13.6. The summed E-state index contributed by atoms with van der Waals surface area (Å²) < 4.78 is 0. The Kier molecular flexibility index (Phi) is 4.44. The number of carbonyl (C=O) groups excluding carboxylic acids is 2. The van der Waals surface area contributed by atoms with Crippen LogP contribution in [0.2, 0.25) is 0 Å². The molecule has 0 bridgehead atoms. The fraction of sp³-hybridized carbons (Fsp3) is 0.294. The number of aromatic nitrogens is 2. The van der Waals surface area contributed by atoms with Crippen LogP contribution in [0.1, 0.15) is 46.4 Å². The maximum absolute atomic E-state index is 12.6. The van der Waals surface area contributed by atoms with E-state index in [1.54, 1.807) is 19.1 Å². The van der Waals surface area contributed by atoms with Crippen molar-refractivity contribution in [2.45, 2.75) is 33.1 Å². The highest BCUT2D eigenvalue weighted by Gasteiger charge is 2.27. The molecule has 2 N–H and O–H groups in total. The second-order valence-electron chi connectivity index (χ2n) is 5.54. The molecule has 2 aromatic heterocycles. The standard InChI is InChI=1S/C17H17N3O3S/c1-3-13(21)20-17-19-12-7-6-11(15(23)16(12)24-17)14(22)10-5-4-9(2)18-8-10/h4-5,8,23H,3,6-7H2,1-2H3,(H,19,20,21). The Labute approximate surface area is 143 Å². The highest BCUT2D eigenvalue weighted by molar-refractivity contribution is 7.16. The van der Waals surface area contributed by atoms with E-state index >= 15 is 0 Å². The van der Waals surface area contributed by atoms with E-state index in [1.807, 2.05) is 6.92 Å². The van der Waals surface area contributed by atoms with Gasteiger partial charge in [0, 0.05) is 29.4 Å². The van der Waals surface area contributed by atoms with Gasteiger partial charge in [-0.1, -0.05) is 18.3 Å². The topological polar surface area (TPSA) is 92.2 Å². The first-order chi connectivity index (χ1) is 11.5. The third-order valence-electron chi connectivity index (χ3n) is 3.83. The van der Waals surface area contributed by atoms with Gasteiger partial charge < -0.3 is 10.4 Å². The van der Waals surface area contributed by atoms with Crippen LogP contribution >= 0.6 is 11.3 Å². The van der Waals surface area contributed by atoms with E-state index in [9.17, 15) is 14.7 Å². The van der Waals surface area contributed by atoms with Gasteiger partial charge in [0.2, 0.25) is 5.91 Å². The second-order valence-corrected chi connectivity index (χ2v) is 6.54. The number of hydrogen-bond donors (Lipinski definition) is 2. The highest BCUT2D eigenvalue weighted by Crippen LogP contribution is 2.37. The zero-order valence-corrected chi connectivity index (χ0v) is 14.2. The van der Waals surface area contributed by atoms with Gasteiger partial charge in [0.15, 0.2) is 10.9 Å². The molecule has 0 aliphatic heterocycles. The first-order valence-corrected chi connectivity index (χ1v) is 8.50. The Bertz CT molecular complexity index is 837. The lowest BCUT2D eigenvalue weighted by Gasteiger charge is -2.14. The van der Waals surface area contributed by atoms with E-state index in [2.05, 4.69) is 15.3 Å². The van der Waals surface area contributed by atoms with Crippen molar-refractivity contribution in [2.24, 2.45) is 0 Å². The predicted octanol–water partition coefficient (Wildman–Crippen LogP) is 3.29. The Hall–Kier alpha value is -2.54. The van der Waals surface area contributed by atoms with Crippen LogP contribution in [0.3, 0.4) is 0 Å². The van der Waals surface area contributed by atoms with Gasteiger partial charge in [0.05, 0.1) is 10.6 Å². The van der Waals surface area contributed by atoms with Crippen molar-refractivity contribution in [3.8, 4) is 0 Å². The number of hydrogen-bond acceptors (Lipinski definition) is 6. The van der Waals surface area contributed by atoms with Gasteiger partial charge in [-0.15, -0.1) is 0 Å². The molecule has 0 unspecified atom stereocenters. The number of ketones is 1. The van der Waals surface area contributed by atoms with Crippen molar-refractivity contribution >= 4 is 33.9 Å². The van der Waals surface area contributed by atoms with Crippen molar-refractivity contribution in [1.82, 2.24) is 9.97 Å². The summed E-state index contributed by atoms with van der Waals surface area (Å²) >= 11 is 1.19. The summed E-state index contributed by atoms with van der Waals surface area (Å²) in [6.45, 7) is 3.61. The molecule has 0 spiro atoms. The minimum atomic E-state index is -0.224. The molecule has 124 valence electrons. The zero-order valence-electron chi connectivity index (χ0n) is 13.4. The molecule has 2 heterocycles. The third-order valence-corrected chi connectivity index (χ3v) is 4.84. The molecule has 1 aliphatic carbocycles. The second kappa shape index (κ2) is 6.52. The third kappa shape index (κ3) is 3.07. The quantitative estimate of drug-likeness (QED) is 0.831. The Morgan fingerprint density at radius 3 is 2.79 bits per heavy atom. The lowest BCUT2D eigenvalue weighted by molar-refractivity contribution is -0.115. The highest BCUT2D eigenvalue weighted by atomic mass is 32.1. The van der Waals surface area contributed by atoms with Gasteiger partial charge in [-0.2, -0.15) is 0 Å². The number of aryl methyl sites for hydroxylation is 2. The molecular formula is C17H17N3O3S. The summed E-state index contributed by atoms with van der Waals surface area (Å²) in [7, 11) is 0. The van der Waals surface area contributed by atoms with E-state index < -0.39 is 0 Å². The SMILES string of the molecule is CCC(=O)Nc1nc2c(s1)C(O)=C(C(=O)c1ccc(C)nc1)CC2. The number of aliphatic hydroxyl groups excluding tert-OH is 1. The number of nitrogens with zero attached hydrogens (tertiary/aromatic N) is 2. The number of nitrogens with one attached hydrogen (secondary N) is 1. The largest absolute Gasteiger partial charge is 0.506 e. The average Bonchev–Trinajstić information content (AvgIpc) is 2.98. The number of allylic oxidation sites excluding steroid dienone is 1. The van der Waals surface area contributed by atoms with E-state index in [4.69, 9.17) is 0 Å². The van der Waals surface area contributed by atoms with Gasteiger partial charge in [-0.3, -0.25) is 14.6 Å². The van der Waals surface area contributed by atoms with Crippen LogP contribution in [0.25, 0.3) is 5.76 Å². The van der Waals surface area contributed by atoms with Gasteiger partial charge in [-0.25, -0.2) is 4.98 Å². The van der Waals surface area contributed by atoms with E-state index in [1.165, 1.54) is 17.5 Å². The van der Waals surface area contributed by atoms with Crippen LogP contribution < -0.4 is 5.32 Å². The number of carbonyl (C=O) groups is 2. The molecule has 3 rings (SSSR count). The molecule has 0 atom stereocenters. The smallest absolute Gasteiger partial charge is 0.225 e. The number of pyridine rings is 1. The van der Waals surface area contributed by atoms with Gasteiger partial charge in [0.1, 0.15) is 5.76 Å². The number of thiazole rings is 1. The molecule has 1 amide bonds. The van der Waals surface area contributed by atoms with Crippen LogP contribution in [-0.2, 0) is 11.2 Å². The van der Waals surface area contributed by atoms with Crippen LogP contribution in [0.4, 0.5) is 5.13 Å². The fourth-order valence-electron chi connectivity index (χ4n) is 2.46. The number of fused-ring (bicyclic) bond motifs is 1. The number of amides is 1. The molecular weight excluding hydrogens is 326 g/mol. The lowest BCUT2D eigenvalue weighted by atomic mass is 9.93. The monoisotopic (exact) mass is 343 g/mol. The molecule has 0 saturated heterocycles. The molecule has 2 aromatic rings. The molecule has 0 aromatic carbocycles. The number of Topliss-reactive ketones (excluding diaryl/α,β-unsaturated/α-hetero) is 1. The van der Waals surface area contributed by atoms with Crippen molar-refractivity contribution < 1.29 is 14.7 Å². The van der Waals surface area contributed by atoms with Gasteiger partial charge >= 0.3 is 0 Å². The molecule has 0 fully saturated rings. The van der Waals surface area contributed by atoms with Crippen molar-refractivity contribution in [3.05, 3.63) is 45.7 Å². The van der Waals surface area contributed by atoms with E-state index in [0.29, 0.717) is 46.1 Å². The summed E-state index contributed by atoms with van der Waals surface area (Å²) in [5.74, 6) is -0.402. The van der Waals surface area contributed by atoms with Crippen LogP contribution in [0, 0.1) is 6.92 Å². The summed E-state index contributed by atoms with van der Waals surface area (Å²) in [6.07, 6.45) is 2.85. The number of rotatable bonds is 4. The summed E-state index contributed by atoms with van der Waals surface area (Å²) in [4.78, 5) is 33.1. The van der Waals surface area contributed by atoms with Crippen LogP contribution in [0.15, 0.2) is 23.9 Å². The lowest BCUT2D eigenvalue weighted by Crippen LogP contribution is -2.12. The molecule has 6 nitrogen and oxygen atoms in total. The first-order valence-electron chi connectivity index (χ1n) is 7.69. The molecule has 1 aliphatic rings. The number of aliphatic hydroxyl groups is 1. The predicted molar refractivity (Wildman–Crippen MR) is 92.2 cm³/mol. The maximum atomic E-state index is 12.6. The molecule has 24 heavy (non-hydrogen) atoms. The maximum Gasteiger partial charge on any atom is 0.225 e. The minimum Gasteiger partial charge on any atom is -0.506 e. The molecule has 7 heteroatoms. The fourth-order valence-corrected chi connectivity index (χ4v) is 3.46. The van der Waals surface area contributed by atoms with Crippen molar-refractivity contribution in [3.63, 3.8) is 0 Å². The average molecular weight is 343 g/mol. The molecule has 0 radical (unpaired) electrons. The number of anilines is 1. The Morgan fingerprint density at radius 1 is 1.33 bits per heavy atom. The van der Waals surface area contributed by atoms with Gasteiger partial charge in [-0.05, 0) is 31.9 Å². The van der Waals surface area contributed by atoms with E-state index in [0.717, 1.165) is 5.69 Å². The Morgan fingerprint density at radius 2 is 2.12 bits per heavy atom. The van der Waals surface area contributed by atoms with Gasteiger partial charge in [0.25, 0.3) is 0 Å². The minimum absolute atomic E-state index is 0.0451. The zero-order chi connectivity index (χ0) is 17.3. The Balaban J connectivity index is 1.92. The first kappa shape index (κ1) is 16.3. The summed E-state index contributed by atoms with van der Waals surface area (Å²) in [6, 6.07) is 3.48. The summed E-state index contributed by atoms with van der Waals surface area (Å²) in [5.41, 5.74) is 2.36. The van der Waals surface area contributed by atoms with Crippen molar-refractivity contribution in [2.75, 3.05) is 5.32 Å². The summed E-state index contributed by atoms with van der Waals surface area (Å²) in [5, 5.41) is 13.6. The molecule has 0 saturated carbocycles. The van der Waals surface area contributed by atoms with Crippen LogP contribution in [0.5, 0.6) is 0 Å². The van der Waals surface area contributed by atoms with Crippen LogP contribution in [-0.4, -0.2) is 26.8 Å². The van der Waals surface area contributed by atoms with Crippen molar-refractivity contribution in [1.29, 1.82) is 0 Å². The van der Waals surface area contributed by atoms with E-state index in [-0.39, 0.29) is 17.4 Å².